The van der Waals surface area contributed by atoms with Gasteiger partial charge in [-0.3, -0.25) is 10.8 Å². The molecule has 3 rings (SSSR count). The number of hydrazine groups is 1. The SMILES string of the molecule is Cc1c(Cl)cccc1C(NN)c1cccc2cnccc12. The molecular weight excluding hydrogens is 282 g/mol. The first-order valence-electron chi connectivity index (χ1n) is 6.76. The van der Waals surface area contributed by atoms with Crippen LogP contribution < -0.4 is 11.3 Å². The number of nitrogens with one attached hydrogen (secondary N) is 1. The average molecular weight is 298 g/mol. The van der Waals surface area contributed by atoms with Crippen LogP contribution in [0.4, 0.5) is 0 Å². The van der Waals surface area contributed by atoms with E-state index in [9.17, 15) is 0 Å². The van der Waals surface area contributed by atoms with Crippen molar-refractivity contribution in [1.82, 2.24) is 10.4 Å². The summed E-state index contributed by atoms with van der Waals surface area (Å²) in [6.45, 7) is 2.01. The quantitative estimate of drug-likeness (QED) is 0.572. The zero-order valence-corrected chi connectivity index (χ0v) is 12.4. The van der Waals surface area contributed by atoms with Gasteiger partial charge in [0, 0.05) is 22.8 Å². The summed E-state index contributed by atoms with van der Waals surface area (Å²) < 4.78 is 0. The number of halogens is 1. The molecule has 0 fully saturated rings. The monoisotopic (exact) mass is 297 g/mol. The van der Waals surface area contributed by atoms with Gasteiger partial charge in [-0.15, -0.1) is 0 Å². The molecular formula is C17H16ClN3. The molecule has 0 aliphatic rings. The van der Waals surface area contributed by atoms with Gasteiger partial charge < -0.3 is 0 Å². The molecule has 2 aromatic carbocycles. The maximum Gasteiger partial charge on any atom is 0.0719 e. The number of nitrogens with zero attached hydrogens (tertiary/aromatic N) is 1. The van der Waals surface area contributed by atoms with Crippen molar-refractivity contribution in [2.24, 2.45) is 5.84 Å². The van der Waals surface area contributed by atoms with Crippen molar-refractivity contribution in [1.29, 1.82) is 0 Å². The Morgan fingerprint density at radius 3 is 2.67 bits per heavy atom. The van der Waals surface area contributed by atoms with Crippen molar-refractivity contribution in [3.8, 4) is 0 Å². The summed E-state index contributed by atoms with van der Waals surface area (Å²) in [7, 11) is 0. The maximum atomic E-state index is 6.24. The lowest BCUT2D eigenvalue weighted by molar-refractivity contribution is 0.638. The molecule has 3 aromatic rings. The van der Waals surface area contributed by atoms with Crippen molar-refractivity contribution in [2.45, 2.75) is 13.0 Å². The van der Waals surface area contributed by atoms with Crippen molar-refractivity contribution in [3.05, 3.63) is 76.6 Å². The Labute approximate surface area is 128 Å². The predicted octanol–water partition coefficient (Wildman–Crippen LogP) is 3.75. The highest BCUT2D eigenvalue weighted by molar-refractivity contribution is 6.31. The van der Waals surface area contributed by atoms with E-state index >= 15 is 0 Å². The second-order valence-electron chi connectivity index (χ2n) is 5.00. The van der Waals surface area contributed by atoms with Gasteiger partial charge >= 0.3 is 0 Å². The van der Waals surface area contributed by atoms with Gasteiger partial charge in [0.15, 0.2) is 0 Å². The molecule has 0 aliphatic heterocycles. The smallest absolute Gasteiger partial charge is 0.0719 e. The van der Waals surface area contributed by atoms with Crippen LogP contribution >= 0.6 is 11.6 Å². The van der Waals surface area contributed by atoms with E-state index in [-0.39, 0.29) is 6.04 Å². The number of hydrogen-bond donors (Lipinski definition) is 2. The Kier molecular flexibility index (Phi) is 3.88. The third kappa shape index (κ3) is 2.51. The van der Waals surface area contributed by atoms with Crippen molar-refractivity contribution < 1.29 is 0 Å². The summed E-state index contributed by atoms with van der Waals surface area (Å²) in [6.07, 6.45) is 3.65. The van der Waals surface area contributed by atoms with Gasteiger partial charge in [0.1, 0.15) is 0 Å². The van der Waals surface area contributed by atoms with Crippen LogP contribution in [-0.2, 0) is 0 Å². The second-order valence-corrected chi connectivity index (χ2v) is 5.40. The van der Waals surface area contributed by atoms with E-state index in [0.717, 1.165) is 32.5 Å². The van der Waals surface area contributed by atoms with Gasteiger partial charge in [0.05, 0.1) is 6.04 Å². The Balaban J connectivity index is 2.21. The molecule has 0 amide bonds. The van der Waals surface area contributed by atoms with Gasteiger partial charge in [-0.25, -0.2) is 5.43 Å². The van der Waals surface area contributed by atoms with Crippen LogP contribution in [0, 0.1) is 6.92 Å². The summed E-state index contributed by atoms with van der Waals surface area (Å²) in [4.78, 5) is 4.17. The standard InChI is InChI=1S/C17H16ClN3/c1-11-13(5-3-7-16(11)18)17(21-19)15-6-2-4-12-10-20-9-8-14(12)15/h2-10,17,21H,19H2,1H3. The van der Waals surface area contributed by atoms with Crippen LogP contribution in [-0.4, -0.2) is 4.98 Å². The van der Waals surface area contributed by atoms with E-state index in [0.29, 0.717) is 0 Å². The molecule has 3 N–H and O–H groups in total. The average Bonchev–Trinajstić information content (AvgIpc) is 2.52. The number of hydrogen-bond acceptors (Lipinski definition) is 3. The number of benzene rings is 2. The van der Waals surface area contributed by atoms with E-state index in [2.05, 4.69) is 16.5 Å². The fourth-order valence-electron chi connectivity index (χ4n) is 2.68. The largest absolute Gasteiger partial charge is 0.271 e. The third-order valence-electron chi connectivity index (χ3n) is 3.81. The Morgan fingerprint density at radius 1 is 1.10 bits per heavy atom. The Hall–Kier alpha value is -1.94. The molecule has 1 aromatic heterocycles. The number of pyridine rings is 1. The minimum Gasteiger partial charge on any atom is -0.271 e. The normalized spacial score (nSPS) is 12.5. The van der Waals surface area contributed by atoms with Crippen molar-refractivity contribution in [3.63, 3.8) is 0 Å². The molecule has 3 nitrogen and oxygen atoms in total. The highest BCUT2D eigenvalue weighted by Gasteiger charge is 2.17. The molecule has 0 spiro atoms. The lowest BCUT2D eigenvalue weighted by Crippen LogP contribution is -2.29. The van der Waals surface area contributed by atoms with Gasteiger partial charge in [-0.1, -0.05) is 41.9 Å². The van der Waals surface area contributed by atoms with E-state index in [1.54, 1.807) is 6.20 Å². The minimum atomic E-state index is -0.116. The zero-order valence-electron chi connectivity index (χ0n) is 11.7. The Bertz CT molecular complexity index is 781. The van der Waals surface area contributed by atoms with E-state index < -0.39 is 0 Å². The van der Waals surface area contributed by atoms with Gasteiger partial charge in [0.25, 0.3) is 0 Å². The second kappa shape index (κ2) is 5.82. The number of aromatic nitrogens is 1. The molecule has 21 heavy (non-hydrogen) atoms. The van der Waals surface area contributed by atoms with Crippen LogP contribution in [0.1, 0.15) is 22.7 Å². The molecule has 4 heteroatoms. The Morgan fingerprint density at radius 2 is 1.86 bits per heavy atom. The molecule has 0 bridgehead atoms. The molecule has 1 unspecified atom stereocenters. The first-order valence-corrected chi connectivity index (χ1v) is 7.14. The van der Waals surface area contributed by atoms with Crippen molar-refractivity contribution >= 4 is 22.4 Å². The molecule has 0 saturated carbocycles. The molecule has 1 atom stereocenters. The first kappa shape index (κ1) is 14.0. The zero-order chi connectivity index (χ0) is 14.8. The topological polar surface area (TPSA) is 50.9 Å². The molecule has 0 radical (unpaired) electrons. The van der Waals surface area contributed by atoms with E-state index in [4.69, 9.17) is 17.4 Å². The summed E-state index contributed by atoms with van der Waals surface area (Å²) >= 11 is 6.24. The maximum absolute atomic E-state index is 6.24. The molecule has 106 valence electrons. The predicted molar refractivity (Wildman–Crippen MR) is 87.1 cm³/mol. The van der Waals surface area contributed by atoms with Gasteiger partial charge in [-0.05, 0) is 41.1 Å². The fraction of sp³-hybridized carbons (Fsp3) is 0.118. The van der Waals surface area contributed by atoms with Crippen molar-refractivity contribution in [2.75, 3.05) is 0 Å². The third-order valence-corrected chi connectivity index (χ3v) is 4.22. The summed E-state index contributed by atoms with van der Waals surface area (Å²) in [5.41, 5.74) is 6.14. The summed E-state index contributed by atoms with van der Waals surface area (Å²) in [5.74, 6) is 5.84. The van der Waals surface area contributed by atoms with Gasteiger partial charge in [0.2, 0.25) is 0 Å². The van der Waals surface area contributed by atoms with E-state index in [1.165, 1.54) is 0 Å². The minimum absolute atomic E-state index is 0.116. The first-order chi connectivity index (χ1) is 10.2. The number of nitrogens with two attached hydrogens (primary N) is 1. The van der Waals surface area contributed by atoms with Gasteiger partial charge in [-0.2, -0.15) is 0 Å². The van der Waals surface area contributed by atoms with Crippen LogP contribution in [0.5, 0.6) is 0 Å². The molecule has 0 saturated heterocycles. The number of fused-ring (bicyclic) bond motifs is 1. The summed E-state index contributed by atoms with van der Waals surface area (Å²) in [5, 5.41) is 2.97. The van der Waals surface area contributed by atoms with Crippen LogP contribution in [0.15, 0.2) is 54.9 Å². The van der Waals surface area contributed by atoms with Crippen LogP contribution in [0.3, 0.4) is 0 Å². The summed E-state index contributed by atoms with van der Waals surface area (Å²) in [6, 6.07) is 13.9. The lowest BCUT2D eigenvalue weighted by Gasteiger charge is -2.21. The fourth-order valence-corrected chi connectivity index (χ4v) is 2.87. The lowest BCUT2D eigenvalue weighted by atomic mass is 9.92. The highest BCUT2D eigenvalue weighted by atomic mass is 35.5. The number of rotatable bonds is 3. The highest BCUT2D eigenvalue weighted by Crippen LogP contribution is 2.31. The molecule has 0 aliphatic carbocycles. The van der Waals surface area contributed by atoms with Crippen LogP contribution in [0.25, 0.3) is 10.8 Å². The van der Waals surface area contributed by atoms with E-state index in [1.807, 2.05) is 49.5 Å². The van der Waals surface area contributed by atoms with Crippen LogP contribution in [0.2, 0.25) is 5.02 Å². The molecule has 1 heterocycles.